The number of rotatable bonds is 2. The van der Waals surface area contributed by atoms with Crippen LogP contribution in [0.15, 0.2) is 53.1 Å². The van der Waals surface area contributed by atoms with Crippen molar-refractivity contribution in [2.45, 2.75) is 6.42 Å². The Bertz CT molecular complexity index is 701. The van der Waals surface area contributed by atoms with Gasteiger partial charge in [0.15, 0.2) is 0 Å². The highest BCUT2D eigenvalue weighted by Crippen LogP contribution is 2.25. The topological polar surface area (TPSA) is 41.8 Å². The number of hydrogen-bond donors (Lipinski definition) is 2. The number of anilines is 1. The summed E-state index contributed by atoms with van der Waals surface area (Å²) in [4.78, 5) is 3.29. The number of nitrogen functional groups attached to an aromatic ring is 1. The zero-order valence-electron chi connectivity index (χ0n) is 9.78. The Morgan fingerprint density at radius 3 is 2.72 bits per heavy atom. The second kappa shape index (κ2) is 4.50. The van der Waals surface area contributed by atoms with Gasteiger partial charge in [0.05, 0.1) is 0 Å². The molecule has 0 aliphatic rings. The molecule has 0 fully saturated rings. The Kier molecular flexibility index (Phi) is 2.84. The summed E-state index contributed by atoms with van der Waals surface area (Å²) in [6.45, 7) is 0. The Balaban J connectivity index is 2.05. The van der Waals surface area contributed by atoms with Crippen LogP contribution in [-0.2, 0) is 6.42 Å². The second-order valence-corrected chi connectivity index (χ2v) is 5.30. The van der Waals surface area contributed by atoms with Crippen LogP contribution in [0.1, 0.15) is 11.1 Å². The second-order valence-electron chi connectivity index (χ2n) is 4.38. The first-order valence-corrected chi connectivity index (χ1v) is 6.62. The van der Waals surface area contributed by atoms with Gasteiger partial charge in [-0.2, -0.15) is 0 Å². The highest BCUT2D eigenvalue weighted by molar-refractivity contribution is 9.10. The number of H-pyrrole nitrogens is 1. The molecule has 2 nitrogen and oxygen atoms in total. The number of para-hydroxylation sites is 1. The third kappa shape index (κ3) is 2.02. The molecule has 3 N–H and O–H groups in total. The number of nitrogens with one attached hydrogen (secondary N) is 1. The Morgan fingerprint density at radius 1 is 1.06 bits per heavy atom. The maximum atomic E-state index is 5.99. The van der Waals surface area contributed by atoms with Gasteiger partial charge in [0.25, 0.3) is 0 Å². The van der Waals surface area contributed by atoms with E-state index in [1.807, 2.05) is 24.3 Å². The molecule has 18 heavy (non-hydrogen) atoms. The van der Waals surface area contributed by atoms with Crippen LogP contribution in [0.5, 0.6) is 0 Å². The molecule has 0 bridgehead atoms. The summed E-state index contributed by atoms with van der Waals surface area (Å²) < 4.78 is 1.09. The summed E-state index contributed by atoms with van der Waals surface area (Å²) in [6, 6.07) is 14.3. The fourth-order valence-electron chi connectivity index (χ4n) is 2.20. The smallest absolute Gasteiger partial charge is 0.0457 e. The van der Waals surface area contributed by atoms with E-state index in [1.54, 1.807) is 0 Å². The SMILES string of the molecule is Nc1ccccc1Cc1c[nH]c2ccc(Br)cc12. The molecule has 0 saturated heterocycles. The maximum absolute atomic E-state index is 5.99. The molecule has 1 aromatic heterocycles. The van der Waals surface area contributed by atoms with E-state index >= 15 is 0 Å². The molecule has 1 heterocycles. The minimum atomic E-state index is 0.849. The van der Waals surface area contributed by atoms with Crippen LogP contribution in [0, 0.1) is 0 Å². The van der Waals surface area contributed by atoms with Crippen molar-refractivity contribution in [2.75, 3.05) is 5.73 Å². The van der Waals surface area contributed by atoms with Gasteiger partial charge >= 0.3 is 0 Å². The summed E-state index contributed by atoms with van der Waals surface area (Å²) >= 11 is 3.51. The number of aromatic nitrogens is 1. The maximum Gasteiger partial charge on any atom is 0.0457 e. The van der Waals surface area contributed by atoms with Crippen molar-refractivity contribution in [3.63, 3.8) is 0 Å². The minimum Gasteiger partial charge on any atom is -0.398 e. The molecular weight excluding hydrogens is 288 g/mol. The lowest BCUT2D eigenvalue weighted by molar-refractivity contribution is 1.21. The fourth-order valence-corrected chi connectivity index (χ4v) is 2.56. The molecule has 0 amide bonds. The minimum absolute atomic E-state index is 0.849. The average Bonchev–Trinajstić information content (AvgIpc) is 2.75. The van der Waals surface area contributed by atoms with Crippen molar-refractivity contribution >= 4 is 32.5 Å². The zero-order valence-corrected chi connectivity index (χ0v) is 11.4. The summed E-state index contributed by atoms with van der Waals surface area (Å²) in [5, 5.41) is 1.24. The Labute approximate surface area is 114 Å². The van der Waals surface area contributed by atoms with E-state index in [1.165, 1.54) is 16.5 Å². The molecule has 0 aliphatic carbocycles. The van der Waals surface area contributed by atoms with Gasteiger partial charge in [-0.15, -0.1) is 0 Å². The van der Waals surface area contributed by atoms with Crippen LogP contribution < -0.4 is 5.73 Å². The highest BCUT2D eigenvalue weighted by Gasteiger charge is 2.06. The van der Waals surface area contributed by atoms with Gasteiger partial charge in [0.2, 0.25) is 0 Å². The van der Waals surface area contributed by atoms with Crippen LogP contribution in [0.25, 0.3) is 10.9 Å². The molecule has 0 radical (unpaired) electrons. The molecule has 90 valence electrons. The summed E-state index contributed by atoms with van der Waals surface area (Å²) in [5.74, 6) is 0. The van der Waals surface area contributed by atoms with E-state index in [9.17, 15) is 0 Å². The normalized spacial score (nSPS) is 10.9. The lowest BCUT2D eigenvalue weighted by atomic mass is 10.0. The van der Waals surface area contributed by atoms with Crippen LogP contribution in [0.3, 0.4) is 0 Å². The van der Waals surface area contributed by atoms with Crippen molar-refractivity contribution in [1.29, 1.82) is 0 Å². The quantitative estimate of drug-likeness (QED) is 0.687. The largest absolute Gasteiger partial charge is 0.398 e. The van der Waals surface area contributed by atoms with Crippen LogP contribution >= 0.6 is 15.9 Å². The van der Waals surface area contributed by atoms with Gasteiger partial charge in [-0.1, -0.05) is 34.1 Å². The van der Waals surface area contributed by atoms with E-state index in [-0.39, 0.29) is 0 Å². The van der Waals surface area contributed by atoms with E-state index in [0.717, 1.165) is 22.1 Å². The van der Waals surface area contributed by atoms with Gasteiger partial charge in [-0.05, 0) is 35.4 Å². The monoisotopic (exact) mass is 300 g/mol. The number of aromatic amines is 1. The molecule has 3 rings (SSSR count). The van der Waals surface area contributed by atoms with Gasteiger partial charge in [0, 0.05) is 33.7 Å². The van der Waals surface area contributed by atoms with E-state index in [0.29, 0.717) is 0 Å². The van der Waals surface area contributed by atoms with Crippen molar-refractivity contribution in [3.05, 3.63) is 64.3 Å². The molecule has 3 heteroatoms. The van der Waals surface area contributed by atoms with Gasteiger partial charge < -0.3 is 10.7 Å². The number of halogens is 1. The number of fused-ring (bicyclic) bond motifs is 1. The standard InChI is InChI=1S/C15H13BrN2/c16-12-5-6-15-13(8-12)11(9-18-15)7-10-3-1-2-4-14(10)17/h1-6,8-9,18H,7,17H2. The van der Waals surface area contributed by atoms with E-state index in [2.05, 4.69) is 45.3 Å². The van der Waals surface area contributed by atoms with Crippen LogP contribution in [0.2, 0.25) is 0 Å². The molecule has 0 unspecified atom stereocenters. The van der Waals surface area contributed by atoms with Crippen LogP contribution in [-0.4, -0.2) is 4.98 Å². The van der Waals surface area contributed by atoms with Gasteiger partial charge in [0.1, 0.15) is 0 Å². The molecule has 3 aromatic rings. The molecule has 0 saturated carbocycles. The predicted molar refractivity (Wildman–Crippen MR) is 79.7 cm³/mol. The summed E-state index contributed by atoms with van der Waals surface area (Å²) in [6.07, 6.45) is 2.91. The van der Waals surface area contributed by atoms with Gasteiger partial charge in [-0.3, -0.25) is 0 Å². The van der Waals surface area contributed by atoms with E-state index in [4.69, 9.17) is 5.73 Å². The molecule has 0 aliphatic heterocycles. The van der Waals surface area contributed by atoms with Crippen LogP contribution in [0.4, 0.5) is 5.69 Å². The number of nitrogens with two attached hydrogens (primary N) is 1. The van der Waals surface area contributed by atoms with E-state index < -0.39 is 0 Å². The molecule has 0 spiro atoms. The highest BCUT2D eigenvalue weighted by atomic mass is 79.9. The zero-order chi connectivity index (χ0) is 12.5. The predicted octanol–water partition coefficient (Wildman–Crippen LogP) is 4.10. The Morgan fingerprint density at radius 2 is 1.89 bits per heavy atom. The summed E-state index contributed by atoms with van der Waals surface area (Å²) in [5.41, 5.74) is 10.4. The fraction of sp³-hybridized carbons (Fsp3) is 0.0667. The molecule has 2 aromatic carbocycles. The lowest BCUT2D eigenvalue weighted by Gasteiger charge is -2.04. The first kappa shape index (κ1) is 11.4. The third-order valence-corrected chi connectivity index (χ3v) is 3.66. The summed E-state index contributed by atoms with van der Waals surface area (Å²) in [7, 11) is 0. The average molecular weight is 301 g/mol. The lowest BCUT2D eigenvalue weighted by Crippen LogP contribution is -1.94. The molecular formula is C15H13BrN2. The van der Waals surface area contributed by atoms with Gasteiger partial charge in [-0.25, -0.2) is 0 Å². The Hall–Kier alpha value is -1.74. The van der Waals surface area contributed by atoms with Crippen molar-refractivity contribution < 1.29 is 0 Å². The third-order valence-electron chi connectivity index (χ3n) is 3.17. The van der Waals surface area contributed by atoms with Crippen molar-refractivity contribution in [2.24, 2.45) is 0 Å². The molecule has 0 atom stereocenters. The number of hydrogen-bond acceptors (Lipinski definition) is 1. The van der Waals surface area contributed by atoms with Crippen molar-refractivity contribution in [1.82, 2.24) is 4.98 Å². The first-order valence-electron chi connectivity index (χ1n) is 5.83. The van der Waals surface area contributed by atoms with Crippen molar-refractivity contribution in [3.8, 4) is 0 Å². The number of benzene rings is 2. The first-order chi connectivity index (χ1) is 8.74.